The van der Waals surface area contributed by atoms with E-state index in [0.717, 1.165) is 0 Å². The monoisotopic (exact) mass is 642 g/mol. The van der Waals surface area contributed by atoms with Crippen molar-refractivity contribution < 1.29 is 28.6 Å². The molecule has 2 atom stereocenters. The largest absolute Gasteiger partial charge is 0.490 e. The first-order valence-corrected chi connectivity index (χ1v) is 14.8. The molecule has 0 fully saturated rings. The van der Waals surface area contributed by atoms with Gasteiger partial charge in [0.15, 0.2) is 24.2 Å². The molecule has 44 heavy (non-hydrogen) atoms. The molecule has 0 aliphatic rings. The van der Waals surface area contributed by atoms with Gasteiger partial charge in [-0.05, 0) is 80.3 Å². The lowest BCUT2D eigenvalue weighted by Crippen LogP contribution is -2.49. The summed E-state index contributed by atoms with van der Waals surface area (Å²) in [4.78, 5) is 38.1. The first kappa shape index (κ1) is 34.2. The molecule has 12 heteroatoms. The quantitative estimate of drug-likeness (QED) is 0.141. The smallest absolute Gasteiger partial charge is 0.262 e. The zero-order valence-corrected chi connectivity index (χ0v) is 26.4. The normalized spacial score (nSPS) is 12.3. The Balaban J connectivity index is 1.59. The molecular weight excluding hydrogens is 607 g/mol. The minimum absolute atomic E-state index is 0.105. The van der Waals surface area contributed by atoms with Crippen molar-refractivity contribution in [3.05, 3.63) is 82.3 Å². The van der Waals surface area contributed by atoms with Gasteiger partial charge < -0.3 is 24.8 Å². The van der Waals surface area contributed by atoms with Crippen molar-refractivity contribution in [1.82, 2.24) is 10.7 Å². The third-order valence-electron chi connectivity index (χ3n) is 5.98. The molecule has 3 N–H and O–H groups in total. The van der Waals surface area contributed by atoms with Gasteiger partial charge in [0.2, 0.25) is 0 Å². The highest BCUT2D eigenvalue weighted by Gasteiger charge is 2.25. The minimum atomic E-state index is -0.929. The van der Waals surface area contributed by atoms with Crippen LogP contribution < -0.4 is 30.3 Å². The minimum Gasteiger partial charge on any atom is -0.490 e. The van der Waals surface area contributed by atoms with Crippen molar-refractivity contribution in [3.63, 3.8) is 0 Å². The van der Waals surface area contributed by atoms with E-state index in [0.29, 0.717) is 46.5 Å². The number of amides is 3. The van der Waals surface area contributed by atoms with E-state index in [1.54, 1.807) is 49.4 Å². The molecule has 0 aliphatic heterocycles. The van der Waals surface area contributed by atoms with Gasteiger partial charge in [0, 0.05) is 10.7 Å². The Hall–Kier alpha value is -4.28. The Labute approximate surface area is 267 Å². The maximum atomic E-state index is 13.0. The molecule has 0 radical (unpaired) electrons. The number of rotatable bonds is 15. The highest BCUT2D eigenvalue weighted by molar-refractivity contribution is 6.35. The molecule has 234 valence electrons. The van der Waals surface area contributed by atoms with Crippen LogP contribution in [-0.2, 0) is 14.4 Å². The predicted molar refractivity (Wildman–Crippen MR) is 172 cm³/mol. The average Bonchev–Trinajstić information content (AvgIpc) is 2.98. The molecule has 0 aliphatic carbocycles. The molecule has 3 aromatic carbocycles. The van der Waals surface area contributed by atoms with Gasteiger partial charge >= 0.3 is 0 Å². The first-order valence-electron chi connectivity index (χ1n) is 14.0. The fourth-order valence-corrected chi connectivity index (χ4v) is 4.36. The van der Waals surface area contributed by atoms with Crippen LogP contribution >= 0.6 is 23.2 Å². The number of carbonyl (C=O) groups excluding carboxylic acids is 3. The number of nitrogens with zero attached hydrogens (tertiary/aromatic N) is 1. The fraction of sp³-hybridized carbons (Fsp3) is 0.312. The summed E-state index contributed by atoms with van der Waals surface area (Å²) < 4.78 is 17.0. The standard InChI is InChI=1S/C32H36Cl2N4O6/c1-5-42-29-16-22(11-13-28(29)43-19-30(39)36-24-9-7-6-8-10-24)18-35-38-32(41)26(15-20(2)3)37-31(40)21(4)44-27-14-12-23(33)17-25(27)34/h6-14,16-18,20-21,26H,5,15,19H2,1-4H3,(H,36,39)(H,37,40)(H,38,41)/b35-18-/t21-,26-/m0/s1. The van der Waals surface area contributed by atoms with Crippen LogP contribution in [0, 0.1) is 5.92 Å². The van der Waals surface area contributed by atoms with Gasteiger partial charge in [-0.25, -0.2) is 5.43 Å². The molecule has 0 unspecified atom stereocenters. The third kappa shape index (κ3) is 11.1. The SMILES string of the molecule is CCOc1cc(/C=N\NC(=O)[C@H](CC(C)C)NC(=O)[C@H](C)Oc2ccc(Cl)cc2Cl)ccc1OCC(=O)Nc1ccccc1. The molecule has 0 bridgehead atoms. The van der Waals surface area contributed by atoms with Crippen LogP contribution in [-0.4, -0.2) is 49.3 Å². The van der Waals surface area contributed by atoms with E-state index in [9.17, 15) is 14.4 Å². The van der Waals surface area contributed by atoms with Crippen molar-refractivity contribution in [1.29, 1.82) is 0 Å². The zero-order valence-electron chi connectivity index (χ0n) is 24.9. The summed E-state index contributed by atoms with van der Waals surface area (Å²) in [6.45, 7) is 7.42. The summed E-state index contributed by atoms with van der Waals surface area (Å²) in [6, 6.07) is 17.9. The van der Waals surface area contributed by atoms with Crippen molar-refractivity contribution in [2.45, 2.75) is 46.3 Å². The van der Waals surface area contributed by atoms with E-state index in [2.05, 4.69) is 21.2 Å². The average molecular weight is 644 g/mol. The van der Waals surface area contributed by atoms with Crippen molar-refractivity contribution in [3.8, 4) is 17.2 Å². The van der Waals surface area contributed by atoms with Crippen molar-refractivity contribution in [2.75, 3.05) is 18.5 Å². The molecule has 3 amide bonds. The number of carbonyl (C=O) groups is 3. The molecule has 0 spiro atoms. The Morgan fingerprint density at radius 1 is 0.886 bits per heavy atom. The molecule has 3 rings (SSSR count). The highest BCUT2D eigenvalue weighted by atomic mass is 35.5. The molecule has 10 nitrogen and oxygen atoms in total. The van der Waals surface area contributed by atoms with Gasteiger partial charge in [-0.15, -0.1) is 0 Å². The van der Waals surface area contributed by atoms with E-state index in [1.807, 2.05) is 39.0 Å². The summed E-state index contributed by atoms with van der Waals surface area (Å²) in [7, 11) is 0. The first-order chi connectivity index (χ1) is 21.0. The van der Waals surface area contributed by atoms with Crippen LogP contribution in [0.5, 0.6) is 17.2 Å². The number of anilines is 1. The second-order valence-electron chi connectivity index (χ2n) is 10.1. The molecule has 3 aromatic rings. The third-order valence-corrected chi connectivity index (χ3v) is 6.51. The lowest BCUT2D eigenvalue weighted by Gasteiger charge is -2.22. The topological polar surface area (TPSA) is 127 Å². The van der Waals surface area contributed by atoms with E-state index in [1.165, 1.54) is 12.3 Å². The number of hydrogen-bond donors (Lipinski definition) is 3. The van der Waals surface area contributed by atoms with Crippen LogP contribution in [0.25, 0.3) is 0 Å². The van der Waals surface area contributed by atoms with E-state index < -0.39 is 24.0 Å². The molecular formula is C32H36Cl2N4O6. The number of hydrogen-bond acceptors (Lipinski definition) is 7. The van der Waals surface area contributed by atoms with Crippen molar-refractivity contribution in [2.24, 2.45) is 11.0 Å². The maximum absolute atomic E-state index is 13.0. The number of hydrazone groups is 1. The van der Waals surface area contributed by atoms with E-state index in [4.69, 9.17) is 37.4 Å². The van der Waals surface area contributed by atoms with E-state index in [-0.39, 0.29) is 23.5 Å². The Morgan fingerprint density at radius 3 is 2.30 bits per heavy atom. The van der Waals surface area contributed by atoms with Crippen LogP contribution in [0.15, 0.2) is 71.8 Å². The van der Waals surface area contributed by atoms with Gasteiger partial charge in [-0.2, -0.15) is 5.10 Å². The van der Waals surface area contributed by atoms with Crippen LogP contribution in [0.3, 0.4) is 0 Å². The fourth-order valence-electron chi connectivity index (χ4n) is 3.91. The van der Waals surface area contributed by atoms with Gasteiger partial charge in [0.1, 0.15) is 11.8 Å². The maximum Gasteiger partial charge on any atom is 0.262 e. The molecule has 0 aromatic heterocycles. The number of halogens is 2. The van der Waals surface area contributed by atoms with Crippen molar-refractivity contribution >= 4 is 52.8 Å². The Bertz CT molecular complexity index is 1450. The second kappa shape index (κ2) is 17.1. The number of ether oxygens (including phenoxy) is 3. The van der Waals surface area contributed by atoms with Crippen LogP contribution in [0.2, 0.25) is 10.0 Å². The summed E-state index contributed by atoms with van der Waals surface area (Å²) in [5.41, 5.74) is 3.77. The summed E-state index contributed by atoms with van der Waals surface area (Å²) in [5.74, 6) is -0.101. The Morgan fingerprint density at radius 2 is 1.61 bits per heavy atom. The lowest BCUT2D eigenvalue weighted by molar-refractivity contribution is -0.132. The summed E-state index contributed by atoms with van der Waals surface area (Å²) >= 11 is 12.1. The summed E-state index contributed by atoms with van der Waals surface area (Å²) in [6.07, 6.45) is 0.885. The van der Waals surface area contributed by atoms with Gasteiger partial charge in [0.25, 0.3) is 17.7 Å². The highest BCUT2D eigenvalue weighted by Crippen LogP contribution is 2.29. The van der Waals surface area contributed by atoms with Gasteiger partial charge in [-0.3, -0.25) is 14.4 Å². The second-order valence-corrected chi connectivity index (χ2v) is 10.9. The molecule has 0 heterocycles. The Kier molecular flexibility index (Phi) is 13.3. The van der Waals surface area contributed by atoms with Crippen LogP contribution in [0.4, 0.5) is 5.69 Å². The number of benzene rings is 3. The van der Waals surface area contributed by atoms with Gasteiger partial charge in [0.05, 0.1) is 17.8 Å². The summed E-state index contributed by atoms with van der Waals surface area (Å²) in [5, 5.41) is 10.3. The number of para-hydroxylation sites is 1. The molecule has 0 saturated carbocycles. The lowest BCUT2D eigenvalue weighted by atomic mass is 10.0. The van der Waals surface area contributed by atoms with E-state index >= 15 is 0 Å². The van der Waals surface area contributed by atoms with Gasteiger partial charge in [-0.1, -0.05) is 55.2 Å². The predicted octanol–water partition coefficient (Wildman–Crippen LogP) is 5.86. The van der Waals surface area contributed by atoms with Crippen LogP contribution in [0.1, 0.15) is 39.7 Å². The number of nitrogens with one attached hydrogen (secondary N) is 3. The molecule has 0 saturated heterocycles. The zero-order chi connectivity index (χ0) is 32.1.